The van der Waals surface area contributed by atoms with E-state index in [4.69, 9.17) is 0 Å². The van der Waals surface area contributed by atoms with Crippen molar-refractivity contribution < 1.29 is 0 Å². The summed E-state index contributed by atoms with van der Waals surface area (Å²) >= 11 is 3.36. The minimum Gasteiger partial charge on any atom is -0.356 e. The summed E-state index contributed by atoms with van der Waals surface area (Å²) in [6.45, 7) is 5.11. The van der Waals surface area contributed by atoms with E-state index in [0.717, 1.165) is 16.0 Å². The van der Waals surface area contributed by atoms with E-state index < -0.39 is 0 Å². The second-order valence-corrected chi connectivity index (χ2v) is 6.68. The smallest absolute Gasteiger partial charge is 0.206 e. The number of anilines is 1. The fraction of sp³-hybridized carbons (Fsp3) is 0.333. The van der Waals surface area contributed by atoms with E-state index in [0.29, 0.717) is 5.25 Å². The Balaban J connectivity index is 1.89. The molecule has 0 amide bonds. The molecule has 0 aliphatic carbocycles. The van der Waals surface area contributed by atoms with Gasteiger partial charge in [-0.05, 0) is 5.56 Å². The van der Waals surface area contributed by atoms with Crippen LogP contribution in [0.5, 0.6) is 0 Å². The predicted octanol–water partition coefficient (Wildman–Crippen LogP) is 3.65. The van der Waals surface area contributed by atoms with Gasteiger partial charge in [-0.1, -0.05) is 67.3 Å². The van der Waals surface area contributed by atoms with Gasteiger partial charge in [-0.3, -0.25) is 0 Å². The van der Waals surface area contributed by atoms with Crippen molar-refractivity contribution in [1.29, 1.82) is 0 Å². The topological polar surface area (TPSA) is 37.8 Å². The third-order valence-corrected chi connectivity index (χ3v) is 4.00. The fourth-order valence-electron chi connectivity index (χ4n) is 1.30. The van der Waals surface area contributed by atoms with Crippen molar-refractivity contribution >= 4 is 28.2 Å². The molecule has 1 N–H and O–H groups in total. The van der Waals surface area contributed by atoms with Crippen molar-refractivity contribution in [1.82, 2.24) is 10.2 Å². The lowest BCUT2D eigenvalue weighted by Crippen LogP contribution is -1.98. The highest BCUT2D eigenvalue weighted by atomic mass is 32.2. The van der Waals surface area contributed by atoms with Crippen LogP contribution in [0, 0.1) is 0 Å². The van der Waals surface area contributed by atoms with E-state index in [1.54, 1.807) is 23.1 Å². The van der Waals surface area contributed by atoms with Gasteiger partial charge in [0.2, 0.25) is 5.13 Å². The summed E-state index contributed by atoms with van der Waals surface area (Å²) < 4.78 is 1.02. The summed E-state index contributed by atoms with van der Waals surface area (Å²) in [7, 11) is 0. The quantitative estimate of drug-likeness (QED) is 0.837. The zero-order valence-electron chi connectivity index (χ0n) is 9.88. The summed E-state index contributed by atoms with van der Waals surface area (Å²) in [6, 6.07) is 10.3. The number of nitrogens with zero attached hydrogens (tertiary/aromatic N) is 2. The van der Waals surface area contributed by atoms with Gasteiger partial charge in [0.1, 0.15) is 0 Å². The van der Waals surface area contributed by atoms with E-state index in [-0.39, 0.29) is 0 Å². The van der Waals surface area contributed by atoms with Gasteiger partial charge < -0.3 is 5.32 Å². The number of rotatable bonds is 5. The molecule has 0 saturated carbocycles. The van der Waals surface area contributed by atoms with Crippen LogP contribution in [0.25, 0.3) is 0 Å². The molecular weight excluding hydrogens is 250 g/mol. The molecule has 90 valence electrons. The number of thioether (sulfide) groups is 1. The monoisotopic (exact) mass is 265 g/mol. The first kappa shape index (κ1) is 12.4. The van der Waals surface area contributed by atoms with Crippen LogP contribution < -0.4 is 5.32 Å². The van der Waals surface area contributed by atoms with Gasteiger partial charge in [-0.25, -0.2) is 0 Å². The summed E-state index contributed by atoms with van der Waals surface area (Å²) in [5, 5.41) is 13.0. The Hall–Kier alpha value is -1.07. The van der Waals surface area contributed by atoms with Crippen LogP contribution in [-0.4, -0.2) is 15.4 Å². The zero-order valence-corrected chi connectivity index (χ0v) is 11.5. The van der Waals surface area contributed by atoms with Crippen LogP contribution in [0.15, 0.2) is 34.7 Å². The highest BCUT2D eigenvalue weighted by molar-refractivity contribution is 8.01. The number of benzene rings is 1. The molecule has 0 spiro atoms. The molecule has 1 heterocycles. The average molecular weight is 265 g/mol. The van der Waals surface area contributed by atoms with Crippen molar-refractivity contribution in [2.45, 2.75) is 30.0 Å². The Morgan fingerprint density at radius 1 is 1.24 bits per heavy atom. The fourth-order valence-corrected chi connectivity index (χ4v) is 3.27. The molecular formula is C12H15N3S2. The SMILES string of the molecule is CC(C)Sc1nnc(NCc2ccccc2)s1. The Morgan fingerprint density at radius 2 is 2.00 bits per heavy atom. The van der Waals surface area contributed by atoms with E-state index >= 15 is 0 Å². The second-order valence-electron chi connectivity index (χ2n) is 3.88. The van der Waals surface area contributed by atoms with Crippen molar-refractivity contribution in [2.75, 3.05) is 5.32 Å². The molecule has 1 aromatic carbocycles. The molecule has 0 aliphatic rings. The summed E-state index contributed by atoms with van der Waals surface area (Å²) in [5.41, 5.74) is 1.25. The Bertz CT molecular complexity index is 454. The van der Waals surface area contributed by atoms with E-state index in [1.165, 1.54) is 5.56 Å². The molecule has 3 nitrogen and oxygen atoms in total. The van der Waals surface area contributed by atoms with Crippen LogP contribution in [0.3, 0.4) is 0 Å². The molecule has 2 rings (SSSR count). The summed E-state index contributed by atoms with van der Waals surface area (Å²) in [4.78, 5) is 0. The molecule has 0 aliphatic heterocycles. The largest absolute Gasteiger partial charge is 0.356 e. The molecule has 0 unspecified atom stereocenters. The summed E-state index contributed by atoms with van der Waals surface area (Å²) in [6.07, 6.45) is 0. The van der Waals surface area contributed by atoms with Gasteiger partial charge in [0.25, 0.3) is 0 Å². The normalized spacial score (nSPS) is 10.8. The maximum atomic E-state index is 4.14. The molecule has 1 aromatic heterocycles. The molecule has 0 saturated heterocycles. The van der Waals surface area contributed by atoms with Gasteiger partial charge in [-0.15, -0.1) is 10.2 Å². The Labute approximate surface area is 110 Å². The number of nitrogens with one attached hydrogen (secondary N) is 1. The Kier molecular flexibility index (Phi) is 4.39. The third-order valence-electron chi connectivity index (χ3n) is 2.03. The second kappa shape index (κ2) is 6.02. The lowest BCUT2D eigenvalue weighted by atomic mass is 10.2. The third kappa shape index (κ3) is 4.02. The maximum absolute atomic E-state index is 4.14. The number of hydrogen-bond acceptors (Lipinski definition) is 5. The standard InChI is InChI=1S/C12H15N3S2/c1-9(2)16-12-15-14-11(17-12)13-8-10-6-4-3-5-7-10/h3-7,9H,8H2,1-2H3,(H,13,14). The first-order valence-corrected chi connectivity index (χ1v) is 7.21. The van der Waals surface area contributed by atoms with Gasteiger partial charge >= 0.3 is 0 Å². The molecule has 17 heavy (non-hydrogen) atoms. The molecule has 2 aromatic rings. The van der Waals surface area contributed by atoms with Crippen LogP contribution >= 0.6 is 23.1 Å². The summed E-state index contributed by atoms with van der Waals surface area (Å²) in [5.74, 6) is 0. The van der Waals surface area contributed by atoms with Crippen molar-refractivity contribution in [2.24, 2.45) is 0 Å². The van der Waals surface area contributed by atoms with E-state index in [2.05, 4.69) is 41.5 Å². The highest BCUT2D eigenvalue weighted by Gasteiger charge is 2.06. The molecule has 0 bridgehead atoms. The Morgan fingerprint density at radius 3 is 2.71 bits per heavy atom. The molecule has 0 radical (unpaired) electrons. The average Bonchev–Trinajstić information content (AvgIpc) is 2.75. The molecule has 0 fully saturated rings. The van der Waals surface area contributed by atoms with Crippen LogP contribution in [0.2, 0.25) is 0 Å². The lowest BCUT2D eigenvalue weighted by Gasteiger charge is -2.01. The van der Waals surface area contributed by atoms with Crippen LogP contribution in [-0.2, 0) is 6.54 Å². The lowest BCUT2D eigenvalue weighted by molar-refractivity contribution is 0.988. The zero-order chi connectivity index (χ0) is 12.1. The van der Waals surface area contributed by atoms with Crippen LogP contribution in [0.1, 0.15) is 19.4 Å². The maximum Gasteiger partial charge on any atom is 0.206 e. The van der Waals surface area contributed by atoms with Gasteiger partial charge in [0, 0.05) is 11.8 Å². The van der Waals surface area contributed by atoms with Crippen LogP contribution in [0.4, 0.5) is 5.13 Å². The molecule has 0 atom stereocenters. The minimum absolute atomic E-state index is 0.546. The minimum atomic E-state index is 0.546. The molecule has 5 heteroatoms. The van der Waals surface area contributed by atoms with Crippen molar-refractivity contribution in [3.8, 4) is 0 Å². The predicted molar refractivity (Wildman–Crippen MR) is 74.7 cm³/mol. The van der Waals surface area contributed by atoms with E-state index in [9.17, 15) is 0 Å². The highest BCUT2D eigenvalue weighted by Crippen LogP contribution is 2.28. The van der Waals surface area contributed by atoms with Gasteiger partial charge in [-0.2, -0.15) is 0 Å². The van der Waals surface area contributed by atoms with Crippen molar-refractivity contribution in [3.63, 3.8) is 0 Å². The van der Waals surface area contributed by atoms with Crippen molar-refractivity contribution in [3.05, 3.63) is 35.9 Å². The van der Waals surface area contributed by atoms with E-state index in [1.807, 2.05) is 18.2 Å². The van der Waals surface area contributed by atoms with Gasteiger partial charge in [0.15, 0.2) is 4.34 Å². The first-order valence-electron chi connectivity index (χ1n) is 5.52. The van der Waals surface area contributed by atoms with Gasteiger partial charge in [0.05, 0.1) is 0 Å². The number of hydrogen-bond donors (Lipinski definition) is 1. The first-order chi connectivity index (χ1) is 8.24. The number of aromatic nitrogens is 2.